The van der Waals surface area contributed by atoms with Gasteiger partial charge in [-0.25, -0.2) is 15.0 Å². The fourth-order valence-electron chi connectivity index (χ4n) is 1.95. The molecule has 2 aromatic rings. The lowest BCUT2D eigenvalue weighted by Gasteiger charge is -2.10. The number of nitrogens with one attached hydrogen (secondary N) is 2. The highest BCUT2D eigenvalue weighted by atomic mass is 32.1. The zero-order valence-electron chi connectivity index (χ0n) is 12.7. The van der Waals surface area contributed by atoms with Crippen molar-refractivity contribution in [3.8, 4) is 0 Å². The van der Waals surface area contributed by atoms with E-state index in [2.05, 4.69) is 44.8 Å². The molecule has 0 aliphatic rings. The van der Waals surface area contributed by atoms with Gasteiger partial charge in [0, 0.05) is 37.4 Å². The monoisotopic (exact) mass is 305 g/mol. The first-order valence-corrected chi connectivity index (χ1v) is 8.48. The van der Waals surface area contributed by atoms with Gasteiger partial charge in [-0.05, 0) is 12.8 Å². The summed E-state index contributed by atoms with van der Waals surface area (Å²) in [5.41, 5.74) is 2.99. The Balaban J connectivity index is 1.97. The molecular weight excluding hydrogens is 282 g/mol. The van der Waals surface area contributed by atoms with Gasteiger partial charge in [0.05, 0.1) is 11.2 Å². The molecule has 0 spiro atoms. The van der Waals surface area contributed by atoms with Gasteiger partial charge in [-0.2, -0.15) is 0 Å². The summed E-state index contributed by atoms with van der Waals surface area (Å²) in [5.74, 6) is 2.70. The van der Waals surface area contributed by atoms with Gasteiger partial charge < -0.3 is 10.6 Å². The van der Waals surface area contributed by atoms with Crippen molar-refractivity contribution in [2.75, 3.05) is 23.7 Å². The zero-order valence-corrected chi connectivity index (χ0v) is 13.5. The molecule has 0 radical (unpaired) electrons. The molecule has 2 heterocycles. The van der Waals surface area contributed by atoms with Crippen LogP contribution in [0.1, 0.15) is 38.2 Å². The molecule has 0 unspecified atom stereocenters. The fourth-order valence-corrected chi connectivity index (χ4v) is 2.54. The van der Waals surface area contributed by atoms with Crippen molar-refractivity contribution in [1.29, 1.82) is 0 Å². The topological polar surface area (TPSA) is 62.7 Å². The number of anilines is 2. The second kappa shape index (κ2) is 8.56. The number of aryl methyl sites for hydroxylation is 1. The first-order valence-electron chi connectivity index (χ1n) is 7.54. The minimum absolute atomic E-state index is 0.833. The van der Waals surface area contributed by atoms with Crippen LogP contribution in [0, 0.1) is 0 Å². The van der Waals surface area contributed by atoms with E-state index < -0.39 is 0 Å². The van der Waals surface area contributed by atoms with Crippen LogP contribution in [0.2, 0.25) is 0 Å². The Bertz CT molecular complexity index is 527. The molecule has 2 aromatic heterocycles. The Hall–Kier alpha value is -1.69. The Morgan fingerprint density at radius 3 is 2.38 bits per heavy atom. The lowest BCUT2D eigenvalue weighted by Crippen LogP contribution is -2.11. The molecule has 114 valence electrons. The average molecular weight is 305 g/mol. The highest BCUT2D eigenvalue weighted by molar-refractivity contribution is 7.07. The summed E-state index contributed by atoms with van der Waals surface area (Å²) < 4.78 is 0. The Morgan fingerprint density at radius 2 is 1.76 bits per heavy atom. The largest absolute Gasteiger partial charge is 0.370 e. The normalized spacial score (nSPS) is 10.6. The second-order valence-corrected chi connectivity index (χ2v) is 5.61. The van der Waals surface area contributed by atoms with Crippen molar-refractivity contribution in [3.05, 3.63) is 28.5 Å². The van der Waals surface area contributed by atoms with Crippen LogP contribution in [0.4, 0.5) is 11.6 Å². The number of hydrogen-bond acceptors (Lipinski definition) is 6. The first-order chi connectivity index (χ1) is 10.3. The molecule has 0 aliphatic carbocycles. The van der Waals surface area contributed by atoms with Crippen LogP contribution in [0.25, 0.3) is 0 Å². The third-order valence-corrected chi connectivity index (χ3v) is 3.61. The van der Waals surface area contributed by atoms with Gasteiger partial charge in [-0.15, -0.1) is 11.3 Å². The van der Waals surface area contributed by atoms with Gasteiger partial charge in [-0.1, -0.05) is 13.8 Å². The molecule has 2 N–H and O–H groups in total. The summed E-state index contributed by atoms with van der Waals surface area (Å²) in [7, 11) is 0. The summed E-state index contributed by atoms with van der Waals surface area (Å²) in [6, 6.07) is 1.98. The van der Waals surface area contributed by atoms with Crippen molar-refractivity contribution >= 4 is 23.0 Å². The molecule has 0 saturated heterocycles. The maximum atomic E-state index is 4.57. The predicted molar refractivity (Wildman–Crippen MR) is 89.1 cm³/mol. The lowest BCUT2D eigenvalue weighted by atomic mass is 10.3. The minimum atomic E-state index is 0.833. The third-order valence-electron chi connectivity index (χ3n) is 2.97. The second-order valence-electron chi connectivity index (χ2n) is 4.89. The van der Waals surface area contributed by atoms with Gasteiger partial charge in [0.25, 0.3) is 0 Å². The third kappa shape index (κ3) is 5.30. The Kier molecular flexibility index (Phi) is 6.40. The SMILES string of the molecule is CCCNc1cc(NCCc2cscn2)nc(CCC)n1. The Labute approximate surface area is 130 Å². The summed E-state index contributed by atoms with van der Waals surface area (Å²) in [4.78, 5) is 13.4. The molecule has 0 fully saturated rings. The van der Waals surface area contributed by atoms with Gasteiger partial charge in [-0.3, -0.25) is 0 Å². The van der Waals surface area contributed by atoms with Crippen molar-refractivity contribution in [2.24, 2.45) is 0 Å². The Morgan fingerprint density at radius 1 is 1.00 bits per heavy atom. The molecular formula is C15H23N5S. The van der Waals surface area contributed by atoms with E-state index in [1.54, 1.807) is 11.3 Å². The van der Waals surface area contributed by atoms with Crippen LogP contribution in [-0.2, 0) is 12.8 Å². The van der Waals surface area contributed by atoms with E-state index in [0.717, 1.165) is 61.9 Å². The van der Waals surface area contributed by atoms with Gasteiger partial charge >= 0.3 is 0 Å². The molecule has 0 aliphatic heterocycles. The molecule has 6 heteroatoms. The number of thiazole rings is 1. The quantitative estimate of drug-likeness (QED) is 0.744. The maximum absolute atomic E-state index is 4.57. The van der Waals surface area contributed by atoms with Crippen molar-refractivity contribution < 1.29 is 0 Å². The number of nitrogens with zero attached hydrogens (tertiary/aromatic N) is 3. The van der Waals surface area contributed by atoms with Crippen LogP contribution in [0.5, 0.6) is 0 Å². The molecule has 0 atom stereocenters. The van der Waals surface area contributed by atoms with E-state index in [9.17, 15) is 0 Å². The maximum Gasteiger partial charge on any atom is 0.133 e. The van der Waals surface area contributed by atoms with E-state index in [-0.39, 0.29) is 0 Å². The van der Waals surface area contributed by atoms with Crippen LogP contribution >= 0.6 is 11.3 Å². The van der Waals surface area contributed by atoms with E-state index >= 15 is 0 Å². The van der Waals surface area contributed by atoms with Gasteiger partial charge in [0.1, 0.15) is 17.5 Å². The van der Waals surface area contributed by atoms with Crippen LogP contribution in [-0.4, -0.2) is 28.0 Å². The number of rotatable bonds is 9. The molecule has 0 amide bonds. The van der Waals surface area contributed by atoms with Crippen LogP contribution < -0.4 is 10.6 Å². The van der Waals surface area contributed by atoms with Crippen LogP contribution in [0.3, 0.4) is 0 Å². The zero-order chi connectivity index (χ0) is 14.9. The minimum Gasteiger partial charge on any atom is -0.370 e. The summed E-state index contributed by atoms with van der Waals surface area (Å²) in [6.45, 7) is 6.05. The van der Waals surface area contributed by atoms with Crippen molar-refractivity contribution in [3.63, 3.8) is 0 Å². The van der Waals surface area contributed by atoms with E-state index in [1.165, 1.54) is 0 Å². The predicted octanol–water partition coefficient (Wildman–Crippen LogP) is 3.36. The molecule has 0 aromatic carbocycles. The fraction of sp³-hybridized carbons (Fsp3) is 0.533. The number of hydrogen-bond donors (Lipinski definition) is 2. The highest BCUT2D eigenvalue weighted by Gasteiger charge is 2.04. The summed E-state index contributed by atoms with van der Waals surface area (Å²) in [6.07, 6.45) is 3.95. The smallest absolute Gasteiger partial charge is 0.133 e. The van der Waals surface area contributed by atoms with Gasteiger partial charge in [0.2, 0.25) is 0 Å². The average Bonchev–Trinajstić information content (AvgIpc) is 2.99. The van der Waals surface area contributed by atoms with Gasteiger partial charge in [0.15, 0.2) is 0 Å². The molecule has 2 rings (SSSR count). The molecule has 5 nitrogen and oxygen atoms in total. The summed E-state index contributed by atoms with van der Waals surface area (Å²) >= 11 is 1.63. The highest BCUT2D eigenvalue weighted by Crippen LogP contribution is 2.13. The van der Waals surface area contributed by atoms with Crippen molar-refractivity contribution in [2.45, 2.75) is 39.5 Å². The molecule has 21 heavy (non-hydrogen) atoms. The molecule has 0 bridgehead atoms. The first kappa shape index (κ1) is 15.7. The van der Waals surface area contributed by atoms with E-state index in [1.807, 2.05) is 11.6 Å². The lowest BCUT2D eigenvalue weighted by molar-refractivity contribution is 0.830. The standard InChI is InChI=1S/C15H23N5S/c1-3-5-13-19-14(16-7-4-2)9-15(20-13)17-8-6-12-10-21-11-18-12/h9-11H,3-8H2,1-2H3,(H2,16,17,19,20). The number of aromatic nitrogens is 3. The molecule has 0 saturated carbocycles. The van der Waals surface area contributed by atoms with Crippen LogP contribution in [0.15, 0.2) is 17.0 Å². The van der Waals surface area contributed by atoms with Crippen molar-refractivity contribution in [1.82, 2.24) is 15.0 Å². The van der Waals surface area contributed by atoms with E-state index in [0.29, 0.717) is 0 Å². The van der Waals surface area contributed by atoms with E-state index in [4.69, 9.17) is 0 Å². The summed E-state index contributed by atoms with van der Waals surface area (Å²) in [5, 5.41) is 8.79.